The molecule has 3 aliphatic heterocycles. The quantitative estimate of drug-likeness (QED) is 0.454. The molecule has 2 N–H and O–H groups in total. The van der Waals surface area contributed by atoms with E-state index < -0.39 is 6.04 Å². The average molecular weight is 531 g/mol. The van der Waals surface area contributed by atoms with Gasteiger partial charge in [0.1, 0.15) is 17.6 Å². The number of fused-ring (bicyclic) bond motifs is 3. The third-order valence-electron chi connectivity index (χ3n) is 8.62. The highest BCUT2D eigenvalue weighted by Crippen LogP contribution is 2.37. The van der Waals surface area contributed by atoms with Crippen molar-refractivity contribution in [2.75, 3.05) is 19.0 Å². The molecular formula is C31H35FN4O3. The van der Waals surface area contributed by atoms with Gasteiger partial charge in [-0.1, -0.05) is 30.3 Å². The van der Waals surface area contributed by atoms with Crippen LogP contribution in [-0.4, -0.2) is 59.6 Å². The number of carbonyl (C=O) groups is 2. The van der Waals surface area contributed by atoms with Gasteiger partial charge < -0.3 is 20.3 Å². The molecule has 0 saturated carbocycles. The molecule has 3 aliphatic rings. The first-order chi connectivity index (χ1) is 19.0. The monoisotopic (exact) mass is 530 g/mol. The maximum Gasteiger partial charge on any atom is 0.318 e. The second kappa shape index (κ2) is 10.8. The number of anilines is 1. The SMILES string of the molecule is COc1ccccc1NC(=O)[C@@H]1CCCN1C(=O)NC1C[C@H]2CC[C@H](C1)N2Cc1ccc2cc(F)ccc2c1. The van der Waals surface area contributed by atoms with Gasteiger partial charge in [0.05, 0.1) is 12.8 Å². The summed E-state index contributed by atoms with van der Waals surface area (Å²) >= 11 is 0. The number of carbonyl (C=O) groups excluding carboxylic acids is 2. The molecule has 7 nitrogen and oxygen atoms in total. The van der Waals surface area contributed by atoms with Gasteiger partial charge in [0.25, 0.3) is 0 Å². The van der Waals surface area contributed by atoms with Crippen LogP contribution in [0.4, 0.5) is 14.9 Å². The lowest BCUT2D eigenvalue weighted by Gasteiger charge is -2.40. The summed E-state index contributed by atoms with van der Waals surface area (Å²) < 4.78 is 18.9. The van der Waals surface area contributed by atoms with Gasteiger partial charge in [-0.2, -0.15) is 0 Å². The van der Waals surface area contributed by atoms with Gasteiger partial charge in [0.15, 0.2) is 0 Å². The molecule has 0 unspecified atom stereocenters. The lowest BCUT2D eigenvalue weighted by atomic mass is 9.96. The summed E-state index contributed by atoms with van der Waals surface area (Å²) in [6.45, 7) is 1.44. The molecule has 39 heavy (non-hydrogen) atoms. The molecule has 0 aliphatic carbocycles. The second-order valence-corrected chi connectivity index (χ2v) is 11.0. The molecule has 3 heterocycles. The Bertz CT molecular complexity index is 1370. The summed E-state index contributed by atoms with van der Waals surface area (Å²) in [6, 6.07) is 18.8. The van der Waals surface area contributed by atoms with E-state index in [0.29, 0.717) is 36.5 Å². The van der Waals surface area contributed by atoms with Gasteiger partial charge >= 0.3 is 6.03 Å². The van der Waals surface area contributed by atoms with Gasteiger partial charge in [-0.25, -0.2) is 9.18 Å². The van der Waals surface area contributed by atoms with Gasteiger partial charge in [0.2, 0.25) is 5.91 Å². The van der Waals surface area contributed by atoms with E-state index in [0.717, 1.165) is 49.4 Å². The first kappa shape index (κ1) is 25.6. The molecule has 2 bridgehead atoms. The third-order valence-corrected chi connectivity index (χ3v) is 8.62. The van der Waals surface area contributed by atoms with Crippen LogP contribution in [0, 0.1) is 5.82 Å². The highest BCUT2D eigenvalue weighted by atomic mass is 19.1. The van der Waals surface area contributed by atoms with Crippen molar-refractivity contribution < 1.29 is 18.7 Å². The number of nitrogens with zero attached hydrogens (tertiary/aromatic N) is 2. The third kappa shape index (κ3) is 5.30. The number of hydrogen-bond donors (Lipinski definition) is 2. The molecule has 3 aromatic rings. The number of ether oxygens (including phenoxy) is 1. The smallest absolute Gasteiger partial charge is 0.318 e. The predicted octanol–water partition coefficient (Wildman–Crippen LogP) is 5.30. The molecule has 6 rings (SSSR count). The zero-order valence-corrected chi connectivity index (χ0v) is 22.2. The number of halogens is 1. The van der Waals surface area contributed by atoms with Crippen LogP contribution in [0.2, 0.25) is 0 Å². The van der Waals surface area contributed by atoms with E-state index in [1.807, 2.05) is 24.3 Å². The number of piperidine rings is 1. The van der Waals surface area contributed by atoms with Crippen LogP contribution in [0.3, 0.4) is 0 Å². The number of urea groups is 1. The van der Waals surface area contributed by atoms with Crippen LogP contribution in [0.5, 0.6) is 5.75 Å². The van der Waals surface area contributed by atoms with Crippen molar-refractivity contribution in [1.82, 2.24) is 15.1 Å². The summed E-state index contributed by atoms with van der Waals surface area (Å²) in [7, 11) is 1.57. The standard InChI is InChI=1S/C31H35FN4O3/c1-39-29-7-3-2-5-27(29)34-30(37)28-6-4-14-35(28)31(38)33-24-17-25-12-13-26(18-24)36(25)19-20-8-9-22-16-23(32)11-10-21(22)15-20/h2-3,5,7-11,15-16,24-26,28H,4,6,12-14,17-19H2,1H3,(H,33,38)(H,34,37)/t25-,26-,28+/m1/s1. The van der Waals surface area contributed by atoms with Crippen molar-refractivity contribution in [3.63, 3.8) is 0 Å². The summed E-state index contributed by atoms with van der Waals surface area (Å²) in [6.07, 6.45) is 5.53. The Kier molecular flexibility index (Phi) is 7.12. The first-order valence-corrected chi connectivity index (χ1v) is 13.9. The Morgan fingerprint density at radius 2 is 1.72 bits per heavy atom. The van der Waals surface area contributed by atoms with Crippen LogP contribution in [-0.2, 0) is 11.3 Å². The molecule has 0 aromatic heterocycles. The number of hydrogen-bond acceptors (Lipinski definition) is 4. The van der Waals surface area contributed by atoms with Gasteiger partial charge in [-0.15, -0.1) is 0 Å². The Morgan fingerprint density at radius 3 is 2.51 bits per heavy atom. The minimum Gasteiger partial charge on any atom is -0.495 e. The Morgan fingerprint density at radius 1 is 0.974 bits per heavy atom. The Labute approximate surface area is 228 Å². The van der Waals surface area contributed by atoms with E-state index in [4.69, 9.17) is 4.74 Å². The van der Waals surface area contributed by atoms with E-state index in [9.17, 15) is 14.0 Å². The van der Waals surface area contributed by atoms with Crippen molar-refractivity contribution in [1.29, 1.82) is 0 Å². The van der Waals surface area contributed by atoms with Crippen LogP contribution < -0.4 is 15.4 Å². The van der Waals surface area contributed by atoms with Crippen molar-refractivity contribution >= 4 is 28.4 Å². The highest BCUT2D eigenvalue weighted by molar-refractivity contribution is 5.98. The van der Waals surface area contributed by atoms with Gasteiger partial charge in [-0.3, -0.25) is 9.69 Å². The minimum absolute atomic E-state index is 0.101. The van der Waals surface area contributed by atoms with Crippen molar-refractivity contribution in [2.45, 2.75) is 69.2 Å². The van der Waals surface area contributed by atoms with Crippen LogP contribution in [0.25, 0.3) is 10.8 Å². The molecule has 3 atom stereocenters. The van der Waals surface area contributed by atoms with E-state index in [2.05, 4.69) is 27.7 Å². The number of likely N-dealkylation sites (tertiary alicyclic amines) is 1. The number of nitrogens with one attached hydrogen (secondary N) is 2. The average Bonchev–Trinajstić information content (AvgIpc) is 3.51. The summed E-state index contributed by atoms with van der Waals surface area (Å²) in [4.78, 5) is 30.7. The molecular weight excluding hydrogens is 495 g/mol. The number of rotatable bonds is 6. The molecule has 3 saturated heterocycles. The number of para-hydroxylation sites is 2. The van der Waals surface area contributed by atoms with Gasteiger partial charge in [0, 0.05) is 31.2 Å². The molecule has 3 aromatic carbocycles. The second-order valence-electron chi connectivity index (χ2n) is 11.0. The van der Waals surface area contributed by atoms with Crippen LogP contribution >= 0.6 is 0 Å². The largest absolute Gasteiger partial charge is 0.495 e. The molecule has 0 radical (unpaired) electrons. The molecule has 3 fully saturated rings. The van der Waals surface area contributed by atoms with Crippen molar-refractivity contribution in [2.24, 2.45) is 0 Å². The molecule has 204 valence electrons. The number of methoxy groups -OCH3 is 1. The van der Waals surface area contributed by atoms with E-state index in [1.165, 1.54) is 11.6 Å². The van der Waals surface area contributed by atoms with Crippen molar-refractivity contribution in [3.05, 3.63) is 72.0 Å². The maximum atomic E-state index is 13.6. The lowest BCUT2D eigenvalue weighted by Crippen LogP contribution is -2.54. The fourth-order valence-corrected chi connectivity index (χ4v) is 6.73. The predicted molar refractivity (Wildman–Crippen MR) is 149 cm³/mol. The summed E-state index contributed by atoms with van der Waals surface area (Å²) in [5.41, 5.74) is 1.84. The lowest BCUT2D eigenvalue weighted by molar-refractivity contribution is -0.119. The summed E-state index contributed by atoms with van der Waals surface area (Å²) in [5, 5.41) is 8.19. The number of amides is 3. The summed E-state index contributed by atoms with van der Waals surface area (Å²) in [5.74, 6) is 0.203. The fourth-order valence-electron chi connectivity index (χ4n) is 6.73. The Balaban J connectivity index is 1.06. The zero-order valence-electron chi connectivity index (χ0n) is 22.2. The zero-order chi connectivity index (χ0) is 26.9. The topological polar surface area (TPSA) is 73.9 Å². The molecule has 3 amide bonds. The van der Waals surface area contributed by atoms with Crippen LogP contribution in [0.1, 0.15) is 44.1 Å². The van der Waals surface area contributed by atoms with E-state index in [-0.39, 0.29) is 23.8 Å². The van der Waals surface area contributed by atoms with Gasteiger partial charge in [-0.05, 0) is 85.2 Å². The van der Waals surface area contributed by atoms with Crippen LogP contribution in [0.15, 0.2) is 60.7 Å². The van der Waals surface area contributed by atoms with E-state index >= 15 is 0 Å². The number of benzene rings is 3. The molecule has 8 heteroatoms. The maximum absolute atomic E-state index is 13.6. The normalized spacial score (nSPS) is 24.6. The Hall–Kier alpha value is -3.65. The first-order valence-electron chi connectivity index (χ1n) is 13.9. The molecule has 0 spiro atoms. The van der Waals surface area contributed by atoms with E-state index in [1.54, 1.807) is 30.2 Å². The highest BCUT2D eigenvalue weighted by Gasteiger charge is 2.42. The fraction of sp³-hybridized carbons (Fsp3) is 0.419. The minimum atomic E-state index is -0.492. The van der Waals surface area contributed by atoms with Crippen molar-refractivity contribution in [3.8, 4) is 5.75 Å².